The Morgan fingerprint density at radius 1 is 0.972 bits per heavy atom. The van der Waals surface area contributed by atoms with Crippen molar-refractivity contribution < 1.29 is 13.2 Å². The van der Waals surface area contributed by atoms with Crippen LogP contribution >= 0.6 is 11.6 Å². The van der Waals surface area contributed by atoms with Crippen LogP contribution in [-0.4, -0.2) is 57.2 Å². The van der Waals surface area contributed by atoms with Crippen LogP contribution in [0.25, 0.3) is 0 Å². The van der Waals surface area contributed by atoms with Gasteiger partial charge in [0.15, 0.2) is 0 Å². The number of nitrogens with zero attached hydrogens (tertiary/aromatic N) is 3. The molecule has 2 fully saturated rings. The van der Waals surface area contributed by atoms with Gasteiger partial charge in [-0.2, -0.15) is 0 Å². The van der Waals surface area contributed by atoms with Gasteiger partial charge in [-0.05, 0) is 68.8 Å². The summed E-state index contributed by atoms with van der Waals surface area (Å²) in [6, 6.07) is 23.8. The highest BCUT2D eigenvalue weighted by molar-refractivity contribution is 7.92. The summed E-state index contributed by atoms with van der Waals surface area (Å²) >= 11 is 6.01. The molecule has 3 aromatic rings. The molecule has 0 amide bonds. The lowest BCUT2D eigenvalue weighted by Gasteiger charge is -2.27. The molecular formula is C28H32ClN3O3S. The fourth-order valence-electron chi connectivity index (χ4n) is 5.31. The number of para-hydroxylation sites is 2. The zero-order chi connectivity index (χ0) is 25.1. The minimum Gasteiger partial charge on any atom is -0.493 e. The molecule has 2 unspecified atom stereocenters. The molecule has 190 valence electrons. The van der Waals surface area contributed by atoms with E-state index >= 15 is 0 Å². The van der Waals surface area contributed by atoms with Crippen molar-refractivity contribution in [2.45, 2.75) is 42.9 Å². The predicted octanol–water partition coefficient (Wildman–Crippen LogP) is 5.24. The Hall–Kier alpha value is -2.58. The average Bonchev–Trinajstić information content (AvgIpc) is 3.40. The van der Waals surface area contributed by atoms with Crippen molar-refractivity contribution in [1.82, 2.24) is 9.80 Å². The number of hydrogen-bond donors (Lipinski definition) is 0. The lowest BCUT2D eigenvalue weighted by Crippen LogP contribution is -2.36. The fourth-order valence-corrected chi connectivity index (χ4v) is 6.88. The molecule has 2 bridgehead atoms. The third-order valence-electron chi connectivity index (χ3n) is 7.25. The second-order valence-electron chi connectivity index (χ2n) is 9.48. The number of fused-ring (bicyclic) bond motifs is 2. The summed E-state index contributed by atoms with van der Waals surface area (Å²) in [5.74, 6) is 0.713. The first kappa shape index (κ1) is 25.1. The molecule has 3 aromatic carbocycles. The van der Waals surface area contributed by atoms with E-state index in [2.05, 4.69) is 16.8 Å². The van der Waals surface area contributed by atoms with Gasteiger partial charge in [0, 0.05) is 29.7 Å². The minimum absolute atomic E-state index is 0.159. The third kappa shape index (κ3) is 5.25. The quantitative estimate of drug-likeness (QED) is 0.339. The van der Waals surface area contributed by atoms with Gasteiger partial charge in [-0.15, -0.1) is 0 Å². The Labute approximate surface area is 219 Å². The number of halogens is 1. The lowest BCUT2D eigenvalue weighted by molar-refractivity contribution is 0.157. The molecule has 0 aliphatic carbocycles. The molecule has 0 radical (unpaired) electrons. The van der Waals surface area contributed by atoms with Gasteiger partial charge in [0.2, 0.25) is 0 Å². The molecule has 6 nitrogen and oxygen atoms in total. The number of anilines is 1. The lowest BCUT2D eigenvalue weighted by atomic mass is 10.1. The van der Waals surface area contributed by atoms with Gasteiger partial charge < -0.3 is 4.74 Å². The van der Waals surface area contributed by atoms with E-state index < -0.39 is 10.0 Å². The van der Waals surface area contributed by atoms with Crippen molar-refractivity contribution in [2.75, 3.05) is 31.0 Å². The van der Waals surface area contributed by atoms with Gasteiger partial charge >= 0.3 is 0 Å². The van der Waals surface area contributed by atoms with Gasteiger partial charge in [-0.25, -0.2) is 8.42 Å². The van der Waals surface area contributed by atoms with Crippen molar-refractivity contribution in [3.8, 4) is 5.75 Å². The van der Waals surface area contributed by atoms with Gasteiger partial charge in [-0.3, -0.25) is 14.1 Å². The molecule has 2 heterocycles. The monoisotopic (exact) mass is 525 g/mol. The van der Waals surface area contributed by atoms with E-state index in [4.69, 9.17) is 16.3 Å². The van der Waals surface area contributed by atoms with Crippen LogP contribution in [0.1, 0.15) is 24.8 Å². The number of ether oxygens (including phenoxy) is 1. The largest absolute Gasteiger partial charge is 0.493 e. The number of benzene rings is 3. The second kappa shape index (κ2) is 10.8. The third-order valence-corrected chi connectivity index (χ3v) is 9.29. The van der Waals surface area contributed by atoms with Crippen LogP contribution < -0.4 is 9.04 Å². The van der Waals surface area contributed by atoms with Crippen LogP contribution in [0.3, 0.4) is 0 Å². The molecule has 2 aliphatic heterocycles. The standard InChI is InChI=1S/C28H32ClN3O3S/c1-30-25-14-17-28(30)31(21-25)18-7-19-35-27-11-6-5-8-22(27)20-32(24-9-3-2-4-10-24)36(33,34)26-15-12-23(29)13-16-26/h2-6,8-13,15-16,25,28H,7,14,17-21H2,1H3. The zero-order valence-corrected chi connectivity index (χ0v) is 22.0. The van der Waals surface area contributed by atoms with Crippen LogP contribution in [0, 0.1) is 0 Å². The van der Waals surface area contributed by atoms with Gasteiger partial charge in [0.1, 0.15) is 5.75 Å². The maximum atomic E-state index is 13.7. The Bertz CT molecular complexity index is 1270. The Morgan fingerprint density at radius 2 is 1.69 bits per heavy atom. The van der Waals surface area contributed by atoms with E-state index in [1.807, 2.05) is 42.5 Å². The molecule has 36 heavy (non-hydrogen) atoms. The Balaban J connectivity index is 1.31. The van der Waals surface area contributed by atoms with Gasteiger partial charge in [-0.1, -0.05) is 48.0 Å². The summed E-state index contributed by atoms with van der Waals surface area (Å²) in [7, 11) is -1.60. The van der Waals surface area contributed by atoms with E-state index in [-0.39, 0.29) is 11.4 Å². The second-order valence-corrected chi connectivity index (χ2v) is 11.8. The van der Waals surface area contributed by atoms with E-state index in [1.54, 1.807) is 36.4 Å². The molecule has 2 saturated heterocycles. The van der Waals surface area contributed by atoms with Crippen LogP contribution in [0.4, 0.5) is 5.69 Å². The summed E-state index contributed by atoms with van der Waals surface area (Å²) < 4.78 is 35.0. The van der Waals surface area contributed by atoms with Crippen molar-refractivity contribution in [3.63, 3.8) is 0 Å². The molecule has 5 rings (SSSR count). The fraction of sp³-hybridized carbons (Fsp3) is 0.357. The van der Waals surface area contributed by atoms with Crippen LogP contribution in [0.5, 0.6) is 5.75 Å². The molecule has 2 atom stereocenters. The van der Waals surface area contributed by atoms with E-state index in [9.17, 15) is 8.42 Å². The summed E-state index contributed by atoms with van der Waals surface area (Å²) in [4.78, 5) is 5.24. The number of hydrogen-bond acceptors (Lipinski definition) is 5. The molecule has 0 N–H and O–H groups in total. The molecule has 0 spiro atoms. The Kier molecular flexibility index (Phi) is 7.53. The number of likely N-dealkylation sites (N-methyl/N-ethyl adjacent to an activating group) is 1. The summed E-state index contributed by atoms with van der Waals surface area (Å²) in [5, 5.41) is 0.493. The molecular weight excluding hydrogens is 494 g/mol. The number of likely N-dealkylation sites (tertiary alicyclic amines) is 1. The predicted molar refractivity (Wildman–Crippen MR) is 144 cm³/mol. The first-order valence-corrected chi connectivity index (χ1v) is 14.3. The van der Waals surface area contributed by atoms with Crippen LogP contribution in [0.2, 0.25) is 5.02 Å². The highest BCUT2D eigenvalue weighted by Crippen LogP contribution is 2.33. The normalized spacial score (nSPS) is 20.1. The Morgan fingerprint density at radius 3 is 2.39 bits per heavy atom. The smallest absolute Gasteiger partial charge is 0.264 e. The van der Waals surface area contributed by atoms with E-state index in [0.717, 1.165) is 25.1 Å². The first-order chi connectivity index (χ1) is 17.4. The molecule has 2 aliphatic rings. The first-order valence-electron chi connectivity index (χ1n) is 12.4. The van der Waals surface area contributed by atoms with E-state index in [1.165, 1.54) is 17.1 Å². The van der Waals surface area contributed by atoms with Crippen molar-refractivity contribution in [1.29, 1.82) is 0 Å². The number of piperidine rings is 1. The molecule has 0 aromatic heterocycles. The average molecular weight is 526 g/mol. The minimum atomic E-state index is -3.82. The number of rotatable bonds is 10. The summed E-state index contributed by atoms with van der Waals surface area (Å²) in [6.07, 6.45) is 4.05. The maximum Gasteiger partial charge on any atom is 0.264 e. The summed E-state index contributed by atoms with van der Waals surface area (Å²) in [6.45, 7) is 2.90. The van der Waals surface area contributed by atoms with Crippen LogP contribution in [-0.2, 0) is 16.6 Å². The number of sulfonamides is 1. The van der Waals surface area contributed by atoms with Gasteiger partial charge in [0.05, 0.1) is 29.9 Å². The maximum absolute atomic E-state index is 13.7. The van der Waals surface area contributed by atoms with Crippen molar-refractivity contribution in [3.05, 3.63) is 89.4 Å². The van der Waals surface area contributed by atoms with E-state index in [0.29, 0.717) is 35.3 Å². The van der Waals surface area contributed by atoms with Gasteiger partial charge in [0.25, 0.3) is 10.0 Å². The van der Waals surface area contributed by atoms with Crippen molar-refractivity contribution >= 4 is 27.3 Å². The summed E-state index contributed by atoms with van der Waals surface area (Å²) in [5.41, 5.74) is 1.41. The molecule has 8 heteroatoms. The SMILES string of the molecule is CN1C2CCC1N(CCCOc1ccccc1CN(c1ccccc1)S(=O)(=O)c1ccc(Cl)cc1)C2. The van der Waals surface area contributed by atoms with Crippen LogP contribution in [0.15, 0.2) is 83.8 Å². The highest BCUT2D eigenvalue weighted by atomic mass is 35.5. The highest BCUT2D eigenvalue weighted by Gasteiger charge is 2.41. The topological polar surface area (TPSA) is 53.1 Å². The molecule has 0 saturated carbocycles. The zero-order valence-electron chi connectivity index (χ0n) is 20.5. The van der Waals surface area contributed by atoms with Crippen molar-refractivity contribution in [2.24, 2.45) is 0 Å².